The quantitative estimate of drug-likeness (QED) is 0.321. The molecule has 3 nitrogen and oxygen atoms in total. The molecule has 1 N–H and O–H groups in total. The van der Waals surface area contributed by atoms with E-state index in [4.69, 9.17) is 16.3 Å². The minimum Gasteiger partial charge on any atom is -0.458 e. The monoisotopic (exact) mass is 282 g/mol. The van der Waals surface area contributed by atoms with E-state index in [0.717, 1.165) is 18.4 Å². The molecule has 2 aliphatic carbocycles. The van der Waals surface area contributed by atoms with Crippen LogP contribution in [0.5, 0.6) is 0 Å². The molecule has 3 fully saturated rings. The normalized spacial score (nSPS) is 49.6. The molecule has 0 amide bonds. The Balaban J connectivity index is 2.04. The smallest absolute Gasteiger partial charge is 0.334 e. The van der Waals surface area contributed by atoms with Crippen LogP contribution in [0.2, 0.25) is 0 Å². The molecule has 1 saturated heterocycles. The van der Waals surface area contributed by atoms with Crippen LogP contribution in [0.1, 0.15) is 26.2 Å². The number of aliphatic hydroxyl groups is 1. The van der Waals surface area contributed by atoms with Crippen molar-refractivity contribution in [2.75, 3.05) is 0 Å². The maximum absolute atomic E-state index is 11.8. The molecule has 1 heterocycles. The van der Waals surface area contributed by atoms with Gasteiger partial charge in [0.2, 0.25) is 0 Å². The number of hydrogen-bond acceptors (Lipinski definition) is 3. The predicted molar refractivity (Wildman–Crippen MR) is 72.7 cm³/mol. The average molecular weight is 283 g/mol. The van der Waals surface area contributed by atoms with E-state index in [1.165, 1.54) is 0 Å². The van der Waals surface area contributed by atoms with Crippen LogP contribution in [0.25, 0.3) is 0 Å². The van der Waals surface area contributed by atoms with Crippen molar-refractivity contribution in [1.82, 2.24) is 0 Å². The van der Waals surface area contributed by atoms with Crippen LogP contribution in [-0.2, 0) is 9.53 Å². The van der Waals surface area contributed by atoms with Gasteiger partial charge >= 0.3 is 5.97 Å². The summed E-state index contributed by atoms with van der Waals surface area (Å²) in [6.45, 7) is 9.75. The molecule has 0 aromatic carbocycles. The summed E-state index contributed by atoms with van der Waals surface area (Å²) in [5, 5.41) is 10.4. The third-order valence-corrected chi connectivity index (χ3v) is 5.83. The number of alkyl halides is 1. The Morgan fingerprint density at radius 1 is 1.42 bits per heavy atom. The second kappa shape index (κ2) is 4.10. The molecule has 0 aromatic heterocycles. The Morgan fingerprint density at radius 3 is 2.79 bits per heavy atom. The van der Waals surface area contributed by atoms with Gasteiger partial charge in [0.1, 0.15) is 6.10 Å². The van der Waals surface area contributed by atoms with Crippen LogP contribution < -0.4 is 0 Å². The number of halogens is 1. The number of ether oxygens (including phenoxy) is 1. The summed E-state index contributed by atoms with van der Waals surface area (Å²) < 4.78 is 5.51. The number of carbonyl (C=O) groups is 1. The Morgan fingerprint density at radius 2 is 2.11 bits per heavy atom. The number of hydrogen-bond donors (Lipinski definition) is 1. The molecule has 4 heteroatoms. The second-order valence-electron chi connectivity index (χ2n) is 6.26. The van der Waals surface area contributed by atoms with Gasteiger partial charge in [-0.3, -0.25) is 0 Å². The molecular formula is C15H19ClO3. The molecule has 0 bridgehead atoms. The van der Waals surface area contributed by atoms with Gasteiger partial charge in [-0.1, -0.05) is 18.7 Å². The van der Waals surface area contributed by atoms with E-state index in [9.17, 15) is 9.90 Å². The molecule has 2 unspecified atom stereocenters. The topological polar surface area (TPSA) is 46.5 Å². The van der Waals surface area contributed by atoms with E-state index in [0.29, 0.717) is 12.0 Å². The lowest BCUT2D eigenvalue weighted by atomic mass is 9.77. The molecule has 3 rings (SSSR count). The van der Waals surface area contributed by atoms with Gasteiger partial charge in [-0.15, -0.1) is 11.6 Å². The fourth-order valence-electron chi connectivity index (χ4n) is 4.03. The van der Waals surface area contributed by atoms with Gasteiger partial charge < -0.3 is 9.84 Å². The van der Waals surface area contributed by atoms with E-state index in [2.05, 4.69) is 13.2 Å². The van der Waals surface area contributed by atoms with Crippen LogP contribution in [0.4, 0.5) is 0 Å². The fraction of sp³-hybridized carbons (Fsp3) is 0.667. The summed E-state index contributed by atoms with van der Waals surface area (Å²) in [6, 6.07) is 0. The lowest BCUT2D eigenvalue weighted by Gasteiger charge is -2.35. The van der Waals surface area contributed by atoms with Crippen molar-refractivity contribution >= 4 is 17.6 Å². The molecule has 2 saturated carbocycles. The Labute approximate surface area is 118 Å². The van der Waals surface area contributed by atoms with Gasteiger partial charge in [-0.2, -0.15) is 0 Å². The third kappa shape index (κ3) is 1.71. The van der Waals surface area contributed by atoms with Crippen LogP contribution in [0.15, 0.2) is 24.3 Å². The summed E-state index contributed by atoms with van der Waals surface area (Å²) in [5.74, 6) is -0.368. The maximum atomic E-state index is 11.8. The van der Waals surface area contributed by atoms with Gasteiger partial charge in [0.15, 0.2) is 0 Å². The highest BCUT2D eigenvalue weighted by molar-refractivity contribution is 6.21. The van der Waals surface area contributed by atoms with Crippen LogP contribution in [0, 0.1) is 17.8 Å². The first-order valence-corrected chi connectivity index (χ1v) is 7.21. The van der Waals surface area contributed by atoms with Crippen molar-refractivity contribution in [2.24, 2.45) is 17.8 Å². The van der Waals surface area contributed by atoms with E-state index >= 15 is 0 Å². The van der Waals surface area contributed by atoms with E-state index in [1.807, 2.05) is 0 Å². The lowest BCUT2D eigenvalue weighted by molar-refractivity contribution is -0.146. The van der Waals surface area contributed by atoms with Crippen molar-refractivity contribution in [2.45, 2.75) is 43.3 Å². The van der Waals surface area contributed by atoms with Gasteiger partial charge in [-0.05, 0) is 32.1 Å². The number of allylic oxidation sites excluding steroid dienone is 1. The van der Waals surface area contributed by atoms with Crippen molar-refractivity contribution in [1.29, 1.82) is 0 Å². The van der Waals surface area contributed by atoms with Gasteiger partial charge in [0, 0.05) is 17.4 Å². The SMILES string of the molecule is C=C1CC[C@H]2C(=C)C(=O)O[C@@H]2C2C1C[C@H](Cl)[C@@]2(C)O. The van der Waals surface area contributed by atoms with Crippen molar-refractivity contribution < 1.29 is 14.6 Å². The first-order chi connectivity index (χ1) is 8.84. The number of esters is 1. The summed E-state index contributed by atoms with van der Waals surface area (Å²) in [4.78, 5) is 11.8. The zero-order chi connectivity index (χ0) is 13.9. The first-order valence-electron chi connectivity index (χ1n) is 6.78. The summed E-state index contributed by atoms with van der Waals surface area (Å²) >= 11 is 6.31. The minimum absolute atomic E-state index is 0.00677. The highest BCUT2D eigenvalue weighted by Gasteiger charge is 2.60. The standard InChI is InChI=1S/C15H19ClO3/c1-7-4-5-9-8(2)14(17)19-13(9)12-10(7)6-11(16)15(12,3)18/h9-13,18H,1-2,4-6H2,3H3/t9-,10?,11-,12?,13-,15+/m0/s1. The van der Waals surface area contributed by atoms with Gasteiger partial charge in [0.25, 0.3) is 0 Å². The molecule has 6 atom stereocenters. The van der Waals surface area contributed by atoms with Gasteiger partial charge in [0.05, 0.1) is 11.0 Å². The maximum Gasteiger partial charge on any atom is 0.334 e. The van der Waals surface area contributed by atoms with Crippen molar-refractivity contribution in [3.63, 3.8) is 0 Å². The Hall–Kier alpha value is -0.800. The van der Waals surface area contributed by atoms with Crippen LogP contribution >= 0.6 is 11.6 Å². The highest BCUT2D eigenvalue weighted by atomic mass is 35.5. The number of rotatable bonds is 0. The highest BCUT2D eigenvalue weighted by Crippen LogP contribution is 2.55. The molecule has 1 aliphatic heterocycles. The van der Waals surface area contributed by atoms with Crippen LogP contribution in [0.3, 0.4) is 0 Å². The first kappa shape index (κ1) is 13.2. The third-order valence-electron chi connectivity index (χ3n) is 5.21. The molecular weight excluding hydrogens is 264 g/mol. The van der Waals surface area contributed by atoms with Gasteiger partial charge in [-0.25, -0.2) is 4.79 Å². The predicted octanol–water partition coefficient (Wildman–Crippen LogP) is 2.43. The molecule has 0 radical (unpaired) electrons. The Kier molecular flexibility index (Phi) is 2.84. The van der Waals surface area contributed by atoms with Crippen molar-refractivity contribution in [3.05, 3.63) is 24.3 Å². The van der Waals surface area contributed by atoms with E-state index < -0.39 is 5.60 Å². The number of carbonyl (C=O) groups excluding carboxylic acids is 1. The largest absolute Gasteiger partial charge is 0.458 e. The fourth-order valence-corrected chi connectivity index (χ4v) is 4.36. The summed E-state index contributed by atoms with van der Waals surface area (Å²) in [7, 11) is 0. The zero-order valence-electron chi connectivity index (χ0n) is 11.1. The average Bonchev–Trinajstić information content (AvgIpc) is 2.67. The zero-order valence-corrected chi connectivity index (χ0v) is 11.8. The summed E-state index contributed by atoms with van der Waals surface area (Å²) in [6.07, 6.45) is 2.07. The summed E-state index contributed by atoms with van der Waals surface area (Å²) in [5.41, 5.74) is 0.617. The number of fused-ring (bicyclic) bond motifs is 3. The van der Waals surface area contributed by atoms with E-state index in [1.54, 1.807) is 6.92 Å². The van der Waals surface area contributed by atoms with Crippen molar-refractivity contribution in [3.8, 4) is 0 Å². The molecule has 3 aliphatic rings. The molecule has 104 valence electrons. The Bertz CT molecular complexity index is 468. The second-order valence-corrected chi connectivity index (χ2v) is 6.79. The minimum atomic E-state index is -1.03. The molecule has 0 spiro atoms. The molecule has 19 heavy (non-hydrogen) atoms. The van der Waals surface area contributed by atoms with E-state index in [-0.39, 0.29) is 35.2 Å². The van der Waals surface area contributed by atoms with Crippen LogP contribution in [-0.4, -0.2) is 28.2 Å². The lowest BCUT2D eigenvalue weighted by Crippen LogP contribution is -2.45. The molecule has 0 aromatic rings.